The second-order valence-electron chi connectivity index (χ2n) is 4.64. The number of morpholine rings is 1. The minimum absolute atomic E-state index is 0.388. The average molecular weight is 281 g/mol. The van der Waals surface area contributed by atoms with E-state index in [2.05, 4.69) is 5.32 Å². The molecule has 2 atom stereocenters. The van der Waals surface area contributed by atoms with Crippen LogP contribution in [0.5, 0.6) is 0 Å². The van der Waals surface area contributed by atoms with Crippen molar-refractivity contribution in [2.45, 2.75) is 32.0 Å². The highest BCUT2D eigenvalue weighted by Crippen LogP contribution is 2.34. The van der Waals surface area contributed by atoms with Gasteiger partial charge in [-0.3, -0.25) is 0 Å². The molecule has 1 aliphatic rings. The molecule has 1 aliphatic heterocycles. The van der Waals surface area contributed by atoms with Gasteiger partial charge in [-0.1, -0.05) is 30.3 Å². The summed E-state index contributed by atoms with van der Waals surface area (Å²) in [6.45, 7) is 5.70. The molecule has 0 saturated carbocycles. The molecule has 112 valence electrons. The molecular formula is C15H23NO4. The van der Waals surface area contributed by atoms with Gasteiger partial charge in [0.15, 0.2) is 0 Å². The maximum Gasteiger partial charge on any atom is 0.238 e. The van der Waals surface area contributed by atoms with Crippen molar-refractivity contribution in [2.24, 2.45) is 0 Å². The molecule has 1 fully saturated rings. The van der Waals surface area contributed by atoms with Crippen molar-refractivity contribution in [3.05, 3.63) is 35.9 Å². The second-order valence-corrected chi connectivity index (χ2v) is 4.64. The van der Waals surface area contributed by atoms with E-state index < -0.39 is 12.1 Å². The van der Waals surface area contributed by atoms with Crippen LogP contribution < -0.4 is 5.32 Å². The molecule has 2 rings (SSSR count). The van der Waals surface area contributed by atoms with Gasteiger partial charge in [0.05, 0.1) is 12.6 Å². The molecule has 1 heterocycles. The summed E-state index contributed by atoms with van der Waals surface area (Å²) < 4.78 is 16.7. The summed E-state index contributed by atoms with van der Waals surface area (Å²) in [7, 11) is 0. The molecule has 1 saturated heterocycles. The maximum absolute atomic E-state index is 11.0. The number of benzene rings is 1. The van der Waals surface area contributed by atoms with E-state index in [0.717, 1.165) is 5.56 Å². The third-order valence-electron chi connectivity index (χ3n) is 3.30. The third-order valence-corrected chi connectivity index (χ3v) is 3.30. The van der Waals surface area contributed by atoms with Crippen LogP contribution in [0.3, 0.4) is 0 Å². The van der Waals surface area contributed by atoms with E-state index in [4.69, 9.17) is 14.2 Å². The molecule has 2 N–H and O–H groups in total. The van der Waals surface area contributed by atoms with Crippen LogP contribution in [0.15, 0.2) is 30.3 Å². The number of ether oxygens (including phenoxy) is 3. The zero-order chi connectivity index (χ0) is 14.4. The SMILES string of the molecule is CCOC(OCC)C1(O)OCCNC1c1ccccc1. The molecule has 1 aromatic carbocycles. The lowest BCUT2D eigenvalue weighted by atomic mass is 9.96. The Bertz CT molecular complexity index is 394. The van der Waals surface area contributed by atoms with Crippen LogP contribution in [0.1, 0.15) is 25.5 Å². The summed E-state index contributed by atoms with van der Waals surface area (Å²) in [4.78, 5) is 0. The number of hydrogen-bond donors (Lipinski definition) is 2. The van der Waals surface area contributed by atoms with Crippen LogP contribution in [-0.2, 0) is 14.2 Å². The van der Waals surface area contributed by atoms with Gasteiger partial charge in [-0.2, -0.15) is 0 Å². The van der Waals surface area contributed by atoms with Gasteiger partial charge in [-0.25, -0.2) is 0 Å². The molecule has 20 heavy (non-hydrogen) atoms. The van der Waals surface area contributed by atoms with Crippen molar-refractivity contribution in [1.82, 2.24) is 5.32 Å². The monoisotopic (exact) mass is 281 g/mol. The van der Waals surface area contributed by atoms with E-state index in [-0.39, 0.29) is 6.04 Å². The minimum Gasteiger partial charge on any atom is -0.360 e. The summed E-state index contributed by atoms with van der Waals surface area (Å²) in [5.41, 5.74) is 0.944. The fraction of sp³-hybridized carbons (Fsp3) is 0.600. The van der Waals surface area contributed by atoms with Crippen molar-refractivity contribution >= 4 is 0 Å². The van der Waals surface area contributed by atoms with Gasteiger partial charge in [0.2, 0.25) is 12.1 Å². The zero-order valence-electron chi connectivity index (χ0n) is 12.0. The van der Waals surface area contributed by atoms with Gasteiger partial charge in [0, 0.05) is 19.8 Å². The molecule has 0 amide bonds. The standard InChI is InChI=1S/C15H23NO4/c1-3-18-14(19-4-2)15(17)13(16-10-11-20-15)12-8-6-5-7-9-12/h5-9,13-14,16-17H,3-4,10-11H2,1-2H3. The van der Waals surface area contributed by atoms with Gasteiger partial charge >= 0.3 is 0 Å². The summed E-state index contributed by atoms with van der Waals surface area (Å²) in [6.07, 6.45) is -0.824. The minimum atomic E-state index is -1.54. The molecule has 2 unspecified atom stereocenters. The summed E-state index contributed by atoms with van der Waals surface area (Å²) in [6, 6.07) is 9.32. The number of aliphatic hydroxyl groups is 1. The van der Waals surface area contributed by atoms with E-state index in [0.29, 0.717) is 26.4 Å². The predicted octanol–water partition coefficient (Wildman–Crippen LogP) is 1.44. The van der Waals surface area contributed by atoms with E-state index in [1.54, 1.807) is 0 Å². The Labute approximate surface area is 119 Å². The van der Waals surface area contributed by atoms with Crippen molar-refractivity contribution in [3.8, 4) is 0 Å². The van der Waals surface area contributed by atoms with E-state index >= 15 is 0 Å². The zero-order valence-corrected chi connectivity index (χ0v) is 12.0. The van der Waals surface area contributed by atoms with Gasteiger partial charge in [0.25, 0.3) is 0 Å². The largest absolute Gasteiger partial charge is 0.360 e. The van der Waals surface area contributed by atoms with Crippen LogP contribution in [-0.4, -0.2) is 43.5 Å². The first kappa shape index (κ1) is 15.4. The Balaban J connectivity index is 2.27. The van der Waals surface area contributed by atoms with Crippen LogP contribution in [0.25, 0.3) is 0 Å². The van der Waals surface area contributed by atoms with Crippen LogP contribution in [0.2, 0.25) is 0 Å². The van der Waals surface area contributed by atoms with Crippen LogP contribution >= 0.6 is 0 Å². The first-order chi connectivity index (χ1) is 9.72. The Morgan fingerprint density at radius 2 is 1.95 bits per heavy atom. The van der Waals surface area contributed by atoms with Crippen LogP contribution in [0.4, 0.5) is 0 Å². The van der Waals surface area contributed by atoms with Crippen molar-refractivity contribution in [1.29, 1.82) is 0 Å². The first-order valence-electron chi connectivity index (χ1n) is 7.10. The Morgan fingerprint density at radius 1 is 1.30 bits per heavy atom. The highest BCUT2D eigenvalue weighted by Gasteiger charge is 2.49. The summed E-state index contributed by atoms with van der Waals surface area (Å²) in [5.74, 6) is -1.54. The first-order valence-corrected chi connectivity index (χ1v) is 7.10. The molecule has 5 heteroatoms. The molecule has 5 nitrogen and oxygen atoms in total. The van der Waals surface area contributed by atoms with E-state index in [1.807, 2.05) is 44.2 Å². The predicted molar refractivity (Wildman–Crippen MR) is 75.1 cm³/mol. The molecule has 0 bridgehead atoms. The van der Waals surface area contributed by atoms with Gasteiger partial charge in [-0.15, -0.1) is 0 Å². The Hall–Kier alpha value is -0.980. The molecule has 0 spiro atoms. The summed E-state index contributed by atoms with van der Waals surface area (Å²) >= 11 is 0. The van der Waals surface area contributed by atoms with E-state index in [9.17, 15) is 5.11 Å². The van der Waals surface area contributed by atoms with Crippen molar-refractivity contribution in [3.63, 3.8) is 0 Å². The fourth-order valence-corrected chi connectivity index (χ4v) is 2.44. The van der Waals surface area contributed by atoms with Gasteiger partial charge < -0.3 is 24.6 Å². The number of nitrogens with one attached hydrogen (secondary N) is 1. The number of hydrogen-bond acceptors (Lipinski definition) is 5. The Kier molecular flexibility index (Phi) is 5.51. The fourth-order valence-electron chi connectivity index (χ4n) is 2.44. The lowest BCUT2D eigenvalue weighted by Gasteiger charge is -2.44. The van der Waals surface area contributed by atoms with E-state index in [1.165, 1.54) is 0 Å². The topological polar surface area (TPSA) is 60.0 Å². The lowest BCUT2D eigenvalue weighted by Crippen LogP contribution is -2.60. The van der Waals surface area contributed by atoms with Gasteiger partial charge in [0.1, 0.15) is 0 Å². The highest BCUT2D eigenvalue weighted by atomic mass is 16.7. The second kappa shape index (κ2) is 7.15. The van der Waals surface area contributed by atoms with Crippen molar-refractivity contribution < 1.29 is 19.3 Å². The molecular weight excluding hydrogens is 258 g/mol. The Morgan fingerprint density at radius 3 is 2.55 bits per heavy atom. The quantitative estimate of drug-likeness (QED) is 0.773. The van der Waals surface area contributed by atoms with Crippen LogP contribution in [0, 0.1) is 0 Å². The maximum atomic E-state index is 11.0. The van der Waals surface area contributed by atoms with Crippen molar-refractivity contribution in [2.75, 3.05) is 26.4 Å². The normalized spacial score (nSPS) is 26.9. The van der Waals surface area contributed by atoms with Gasteiger partial charge in [-0.05, 0) is 19.4 Å². The third kappa shape index (κ3) is 3.19. The lowest BCUT2D eigenvalue weighted by molar-refractivity contribution is -0.356. The molecule has 0 radical (unpaired) electrons. The summed E-state index contributed by atoms with van der Waals surface area (Å²) in [5, 5.41) is 14.3. The molecule has 0 aliphatic carbocycles. The smallest absolute Gasteiger partial charge is 0.238 e. The highest BCUT2D eigenvalue weighted by molar-refractivity contribution is 5.22. The number of rotatable bonds is 6. The molecule has 1 aromatic rings. The average Bonchev–Trinajstić information content (AvgIpc) is 2.48. The molecule has 0 aromatic heterocycles.